The quantitative estimate of drug-likeness (QED) is 0.881. The van der Waals surface area contributed by atoms with Gasteiger partial charge in [-0.25, -0.2) is 4.39 Å². The summed E-state index contributed by atoms with van der Waals surface area (Å²) in [4.78, 5) is 2.08. The van der Waals surface area contributed by atoms with Crippen LogP contribution in [0.1, 0.15) is 22.7 Å². The molecule has 2 aromatic carbocycles. The van der Waals surface area contributed by atoms with Crippen LogP contribution in [0.25, 0.3) is 0 Å². The molecule has 0 aliphatic carbocycles. The molecular formula is C17H20BrFN2. The molecule has 0 saturated carbocycles. The molecule has 0 saturated heterocycles. The Morgan fingerprint density at radius 3 is 2.62 bits per heavy atom. The fourth-order valence-corrected chi connectivity index (χ4v) is 2.86. The van der Waals surface area contributed by atoms with Gasteiger partial charge in [-0.2, -0.15) is 0 Å². The molecule has 0 amide bonds. The first-order valence-electron chi connectivity index (χ1n) is 6.92. The van der Waals surface area contributed by atoms with E-state index < -0.39 is 0 Å². The molecule has 0 fully saturated rings. The molecule has 2 aromatic rings. The maximum atomic E-state index is 14.1. The largest absolute Gasteiger partial charge is 0.329 e. The predicted molar refractivity (Wildman–Crippen MR) is 88.5 cm³/mol. The zero-order valence-corrected chi connectivity index (χ0v) is 13.9. The van der Waals surface area contributed by atoms with Crippen molar-refractivity contribution < 1.29 is 4.39 Å². The van der Waals surface area contributed by atoms with Gasteiger partial charge in [-0.1, -0.05) is 51.8 Å². The molecule has 0 radical (unpaired) electrons. The van der Waals surface area contributed by atoms with Crippen molar-refractivity contribution in [1.29, 1.82) is 0 Å². The Labute approximate surface area is 133 Å². The van der Waals surface area contributed by atoms with Gasteiger partial charge in [0.15, 0.2) is 0 Å². The Balaban J connectivity index is 2.20. The van der Waals surface area contributed by atoms with Gasteiger partial charge in [0, 0.05) is 29.2 Å². The second kappa shape index (κ2) is 7.16. The van der Waals surface area contributed by atoms with Crippen molar-refractivity contribution in [3.05, 3.63) is 69.4 Å². The molecule has 0 bridgehead atoms. The Morgan fingerprint density at radius 1 is 1.24 bits per heavy atom. The van der Waals surface area contributed by atoms with E-state index in [9.17, 15) is 4.39 Å². The third-order valence-corrected chi connectivity index (χ3v) is 4.08. The first-order valence-corrected chi connectivity index (χ1v) is 7.71. The fourth-order valence-electron chi connectivity index (χ4n) is 2.52. The highest BCUT2D eigenvalue weighted by Gasteiger charge is 2.19. The minimum Gasteiger partial charge on any atom is -0.329 e. The Morgan fingerprint density at radius 2 is 2.00 bits per heavy atom. The predicted octanol–water partition coefficient (Wildman–Crippen LogP) is 4.03. The van der Waals surface area contributed by atoms with E-state index in [-0.39, 0.29) is 11.9 Å². The number of halogens is 2. The lowest BCUT2D eigenvalue weighted by atomic mass is 10.0. The number of nitrogens with two attached hydrogens (primary N) is 1. The maximum Gasteiger partial charge on any atom is 0.129 e. The van der Waals surface area contributed by atoms with Gasteiger partial charge in [0.1, 0.15) is 5.82 Å². The van der Waals surface area contributed by atoms with Crippen LogP contribution in [-0.4, -0.2) is 18.5 Å². The Kier molecular flexibility index (Phi) is 5.51. The van der Waals surface area contributed by atoms with Gasteiger partial charge in [0.2, 0.25) is 0 Å². The number of hydrogen-bond donors (Lipinski definition) is 1. The van der Waals surface area contributed by atoms with Crippen molar-refractivity contribution >= 4 is 15.9 Å². The minimum absolute atomic E-state index is 0.140. The molecule has 4 heteroatoms. The molecule has 1 unspecified atom stereocenters. The molecule has 0 aromatic heterocycles. The second-order valence-corrected chi connectivity index (χ2v) is 6.24. The third kappa shape index (κ3) is 4.13. The van der Waals surface area contributed by atoms with Crippen LogP contribution in [0.4, 0.5) is 4.39 Å². The first-order chi connectivity index (χ1) is 10.0. The monoisotopic (exact) mass is 350 g/mol. The fraction of sp³-hybridized carbons (Fsp3) is 0.294. The van der Waals surface area contributed by atoms with Crippen molar-refractivity contribution in [2.45, 2.75) is 19.5 Å². The summed E-state index contributed by atoms with van der Waals surface area (Å²) in [6.07, 6.45) is 0. The van der Waals surface area contributed by atoms with Crippen molar-refractivity contribution in [2.75, 3.05) is 13.6 Å². The second-order valence-electron chi connectivity index (χ2n) is 5.32. The molecule has 1 atom stereocenters. The molecule has 2 N–H and O–H groups in total. The lowest BCUT2D eigenvalue weighted by Crippen LogP contribution is -2.30. The van der Waals surface area contributed by atoms with Gasteiger partial charge in [-0.3, -0.25) is 4.90 Å². The Bertz CT molecular complexity index is 615. The number of benzene rings is 2. The first kappa shape index (κ1) is 16.1. The molecule has 0 heterocycles. The van der Waals surface area contributed by atoms with Crippen LogP contribution in [0.3, 0.4) is 0 Å². The zero-order chi connectivity index (χ0) is 15.4. The van der Waals surface area contributed by atoms with Crippen molar-refractivity contribution in [3.63, 3.8) is 0 Å². The van der Waals surface area contributed by atoms with Crippen molar-refractivity contribution in [3.8, 4) is 0 Å². The highest BCUT2D eigenvalue weighted by molar-refractivity contribution is 9.10. The van der Waals surface area contributed by atoms with E-state index in [2.05, 4.69) is 46.0 Å². The van der Waals surface area contributed by atoms with Crippen LogP contribution in [0, 0.1) is 12.7 Å². The van der Waals surface area contributed by atoms with Gasteiger partial charge >= 0.3 is 0 Å². The van der Waals surface area contributed by atoms with Crippen molar-refractivity contribution in [1.82, 2.24) is 4.90 Å². The lowest BCUT2D eigenvalue weighted by Gasteiger charge is -2.28. The summed E-state index contributed by atoms with van der Waals surface area (Å²) < 4.78 is 14.9. The van der Waals surface area contributed by atoms with Crippen molar-refractivity contribution in [2.24, 2.45) is 5.73 Å². The molecular weight excluding hydrogens is 331 g/mol. The summed E-state index contributed by atoms with van der Waals surface area (Å²) in [6.45, 7) is 3.18. The standard InChI is InChI=1S/C17H20BrFN2/c1-12-4-3-5-13(8-12)11-21(2)17(10-20)15-7-6-14(18)9-16(15)19/h3-9,17H,10-11,20H2,1-2H3. The number of rotatable bonds is 5. The van der Waals surface area contributed by atoms with E-state index in [1.807, 2.05) is 19.2 Å². The summed E-state index contributed by atoms with van der Waals surface area (Å²) in [6, 6.07) is 13.3. The van der Waals surface area contributed by atoms with Crippen LogP contribution in [-0.2, 0) is 6.54 Å². The normalized spacial score (nSPS) is 12.7. The van der Waals surface area contributed by atoms with E-state index in [1.54, 1.807) is 6.07 Å². The number of likely N-dealkylation sites (N-methyl/N-ethyl adjacent to an activating group) is 1. The average Bonchev–Trinajstić information content (AvgIpc) is 2.42. The average molecular weight is 351 g/mol. The van der Waals surface area contributed by atoms with Crippen LogP contribution >= 0.6 is 15.9 Å². The summed E-state index contributed by atoms with van der Waals surface area (Å²) >= 11 is 3.28. The molecule has 112 valence electrons. The summed E-state index contributed by atoms with van der Waals surface area (Å²) in [5.41, 5.74) is 8.94. The number of hydrogen-bond acceptors (Lipinski definition) is 2. The SMILES string of the molecule is Cc1cccc(CN(C)C(CN)c2ccc(Br)cc2F)c1. The van der Waals surface area contributed by atoms with Crippen LogP contribution in [0.2, 0.25) is 0 Å². The van der Waals surface area contributed by atoms with Gasteiger partial charge in [0.25, 0.3) is 0 Å². The zero-order valence-electron chi connectivity index (χ0n) is 12.3. The van der Waals surface area contributed by atoms with Crippen LogP contribution in [0.5, 0.6) is 0 Å². The van der Waals surface area contributed by atoms with Crippen LogP contribution in [0.15, 0.2) is 46.9 Å². The topological polar surface area (TPSA) is 29.3 Å². The maximum absolute atomic E-state index is 14.1. The molecule has 21 heavy (non-hydrogen) atoms. The molecule has 0 aliphatic rings. The van der Waals surface area contributed by atoms with Gasteiger partial charge in [-0.05, 0) is 31.7 Å². The van der Waals surface area contributed by atoms with Gasteiger partial charge in [0.05, 0.1) is 0 Å². The number of aryl methyl sites for hydroxylation is 1. The molecule has 2 nitrogen and oxygen atoms in total. The van der Waals surface area contributed by atoms with E-state index >= 15 is 0 Å². The highest BCUT2D eigenvalue weighted by Crippen LogP contribution is 2.25. The van der Waals surface area contributed by atoms with Gasteiger partial charge < -0.3 is 5.73 Å². The minimum atomic E-state index is -0.226. The van der Waals surface area contributed by atoms with E-state index in [0.717, 1.165) is 11.0 Å². The molecule has 2 rings (SSSR count). The van der Waals surface area contributed by atoms with E-state index in [4.69, 9.17) is 5.73 Å². The molecule has 0 aliphatic heterocycles. The van der Waals surface area contributed by atoms with E-state index in [0.29, 0.717) is 12.1 Å². The third-order valence-electron chi connectivity index (χ3n) is 3.59. The number of nitrogens with zero attached hydrogens (tertiary/aromatic N) is 1. The molecule has 0 spiro atoms. The lowest BCUT2D eigenvalue weighted by molar-refractivity contribution is 0.236. The Hall–Kier alpha value is -1.23. The highest BCUT2D eigenvalue weighted by atomic mass is 79.9. The smallest absolute Gasteiger partial charge is 0.129 e. The van der Waals surface area contributed by atoms with Gasteiger partial charge in [-0.15, -0.1) is 0 Å². The summed E-state index contributed by atoms with van der Waals surface area (Å²) in [7, 11) is 1.97. The van der Waals surface area contributed by atoms with E-state index in [1.165, 1.54) is 17.2 Å². The summed E-state index contributed by atoms with van der Waals surface area (Å²) in [5.74, 6) is -0.226. The van der Waals surface area contributed by atoms with Crippen LogP contribution < -0.4 is 5.73 Å². The summed E-state index contributed by atoms with van der Waals surface area (Å²) in [5, 5.41) is 0.